The number of ether oxygens (including phenoxy) is 1. The zero-order chi connectivity index (χ0) is 17.5. The first-order valence-corrected chi connectivity index (χ1v) is 9.00. The van der Waals surface area contributed by atoms with E-state index in [9.17, 15) is 9.59 Å². The van der Waals surface area contributed by atoms with E-state index in [1.807, 2.05) is 6.92 Å². The number of aliphatic carboxylic acids is 1. The van der Waals surface area contributed by atoms with Gasteiger partial charge in [0.1, 0.15) is 10.8 Å². The molecule has 130 valence electrons. The van der Waals surface area contributed by atoms with Gasteiger partial charge < -0.3 is 9.84 Å². The van der Waals surface area contributed by atoms with Gasteiger partial charge in [0.15, 0.2) is 5.78 Å². The molecule has 0 bridgehead atoms. The Morgan fingerprint density at radius 2 is 2.00 bits per heavy atom. The van der Waals surface area contributed by atoms with E-state index in [1.54, 1.807) is 6.07 Å². The van der Waals surface area contributed by atoms with Gasteiger partial charge in [-0.3, -0.25) is 9.59 Å². The van der Waals surface area contributed by atoms with Crippen LogP contribution in [0.15, 0.2) is 6.07 Å². The van der Waals surface area contributed by atoms with Gasteiger partial charge in [-0.05, 0) is 36.8 Å². The molecule has 6 heteroatoms. The van der Waals surface area contributed by atoms with Crippen LogP contribution in [0.1, 0.15) is 54.9 Å². The summed E-state index contributed by atoms with van der Waals surface area (Å²) in [6.45, 7) is 2.04. The summed E-state index contributed by atoms with van der Waals surface area (Å²) in [7, 11) is 0. The fraction of sp³-hybridized carbons (Fsp3) is 0.556. The number of halogens is 2. The molecule has 24 heavy (non-hydrogen) atoms. The molecule has 2 aliphatic carbocycles. The summed E-state index contributed by atoms with van der Waals surface area (Å²) >= 11 is 12.6. The van der Waals surface area contributed by atoms with Gasteiger partial charge in [0.2, 0.25) is 0 Å². The summed E-state index contributed by atoms with van der Waals surface area (Å²) in [6, 6.07) is 1.75. The van der Waals surface area contributed by atoms with Gasteiger partial charge in [0, 0.05) is 11.0 Å². The topological polar surface area (TPSA) is 63.6 Å². The Balaban J connectivity index is 1.90. The monoisotopic (exact) mass is 370 g/mol. The molecule has 0 radical (unpaired) electrons. The SMILES string of the molecule is C[C@@]1(C2CCCC2)Cc2cc(OCCC(=O)O)c(Cl)c(Cl)c2C1=O. The zero-order valence-corrected chi connectivity index (χ0v) is 15.0. The summed E-state index contributed by atoms with van der Waals surface area (Å²) < 4.78 is 5.47. The number of ketones is 1. The Labute approximate surface area is 151 Å². The van der Waals surface area contributed by atoms with Crippen LogP contribution in [0.5, 0.6) is 5.75 Å². The lowest BCUT2D eigenvalue weighted by atomic mass is 9.73. The molecule has 1 fully saturated rings. The van der Waals surface area contributed by atoms with Gasteiger partial charge in [-0.25, -0.2) is 0 Å². The number of carboxylic acid groups (broad SMARTS) is 1. The molecule has 0 aromatic heterocycles. The Morgan fingerprint density at radius 3 is 2.62 bits per heavy atom. The molecular formula is C18H20Cl2O4. The van der Waals surface area contributed by atoms with E-state index in [-0.39, 0.29) is 28.9 Å². The van der Waals surface area contributed by atoms with Crippen LogP contribution in [0, 0.1) is 11.3 Å². The van der Waals surface area contributed by atoms with E-state index >= 15 is 0 Å². The highest BCUT2D eigenvalue weighted by Gasteiger charge is 2.49. The Hall–Kier alpha value is -1.26. The first-order valence-electron chi connectivity index (χ1n) is 8.25. The van der Waals surface area contributed by atoms with Crippen LogP contribution in [0.25, 0.3) is 0 Å². The summed E-state index contributed by atoms with van der Waals surface area (Å²) in [5.74, 6) is -0.135. The van der Waals surface area contributed by atoms with Gasteiger partial charge >= 0.3 is 5.97 Å². The first-order chi connectivity index (χ1) is 11.3. The number of hydrogen-bond acceptors (Lipinski definition) is 3. The van der Waals surface area contributed by atoms with E-state index in [2.05, 4.69) is 0 Å². The van der Waals surface area contributed by atoms with Crippen molar-refractivity contribution in [1.29, 1.82) is 0 Å². The maximum absolute atomic E-state index is 13.0. The van der Waals surface area contributed by atoms with Crippen molar-refractivity contribution >= 4 is 35.0 Å². The third-order valence-corrected chi connectivity index (χ3v) is 6.24. The normalized spacial score (nSPS) is 23.5. The van der Waals surface area contributed by atoms with Crippen molar-refractivity contribution in [1.82, 2.24) is 0 Å². The van der Waals surface area contributed by atoms with Crippen LogP contribution in [0.2, 0.25) is 10.0 Å². The molecule has 0 saturated heterocycles. The van der Waals surface area contributed by atoms with Crippen LogP contribution >= 0.6 is 23.2 Å². The predicted octanol–water partition coefficient (Wildman–Crippen LogP) is 4.78. The highest BCUT2D eigenvalue weighted by atomic mass is 35.5. The number of carboxylic acids is 1. The molecular weight excluding hydrogens is 351 g/mol. The third kappa shape index (κ3) is 2.91. The van der Waals surface area contributed by atoms with Crippen LogP contribution in [-0.2, 0) is 11.2 Å². The van der Waals surface area contributed by atoms with E-state index in [0.717, 1.165) is 18.4 Å². The van der Waals surface area contributed by atoms with Crippen molar-refractivity contribution in [3.05, 3.63) is 27.2 Å². The molecule has 1 saturated carbocycles. The van der Waals surface area contributed by atoms with Gasteiger partial charge in [-0.2, -0.15) is 0 Å². The van der Waals surface area contributed by atoms with Crippen molar-refractivity contribution in [3.63, 3.8) is 0 Å². The second-order valence-electron chi connectivity index (χ2n) is 6.93. The van der Waals surface area contributed by atoms with E-state index < -0.39 is 11.4 Å². The number of carbonyl (C=O) groups is 2. The maximum Gasteiger partial charge on any atom is 0.306 e. The zero-order valence-electron chi connectivity index (χ0n) is 13.5. The van der Waals surface area contributed by atoms with Crippen LogP contribution in [0.4, 0.5) is 0 Å². The molecule has 0 unspecified atom stereocenters. The van der Waals surface area contributed by atoms with Crippen molar-refractivity contribution in [2.45, 2.75) is 45.4 Å². The Bertz CT molecular complexity index is 695. The van der Waals surface area contributed by atoms with Crippen LogP contribution < -0.4 is 4.74 Å². The average molecular weight is 371 g/mol. The standard InChI is InChI=1S/C18H20Cl2O4/c1-18(11-4-2-3-5-11)9-10-8-12(24-7-6-13(21)22)15(19)16(20)14(10)17(18)23/h8,11H,2-7,9H2,1H3,(H,21,22)/t18-/m0/s1. The minimum Gasteiger partial charge on any atom is -0.491 e. The highest BCUT2D eigenvalue weighted by molar-refractivity contribution is 6.45. The van der Waals surface area contributed by atoms with Gasteiger partial charge in [-0.1, -0.05) is 43.0 Å². The van der Waals surface area contributed by atoms with Crippen molar-refractivity contribution < 1.29 is 19.4 Å². The second kappa shape index (κ2) is 6.57. The second-order valence-corrected chi connectivity index (χ2v) is 7.69. The number of fused-ring (bicyclic) bond motifs is 1. The number of carbonyl (C=O) groups excluding carboxylic acids is 1. The molecule has 1 aromatic carbocycles. The summed E-state index contributed by atoms with van der Waals surface area (Å²) in [5.41, 5.74) is 0.946. The van der Waals surface area contributed by atoms with Gasteiger partial charge in [0.05, 0.1) is 18.1 Å². The Morgan fingerprint density at radius 1 is 1.33 bits per heavy atom. The number of Topliss-reactive ketones (excluding diaryl/α,β-unsaturated/α-hetero) is 1. The fourth-order valence-corrected chi connectivity index (χ4v) is 4.55. The molecule has 0 spiro atoms. The lowest BCUT2D eigenvalue weighted by molar-refractivity contribution is -0.137. The van der Waals surface area contributed by atoms with Crippen molar-refractivity contribution in [2.24, 2.45) is 11.3 Å². The molecule has 4 nitrogen and oxygen atoms in total. The van der Waals surface area contributed by atoms with E-state index in [0.29, 0.717) is 23.7 Å². The van der Waals surface area contributed by atoms with E-state index in [1.165, 1.54) is 12.8 Å². The number of rotatable bonds is 5. The van der Waals surface area contributed by atoms with Crippen LogP contribution in [-0.4, -0.2) is 23.5 Å². The quantitative estimate of drug-likeness (QED) is 0.809. The predicted molar refractivity (Wildman–Crippen MR) is 92.3 cm³/mol. The average Bonchev–Trinajstić information content (AvgIpc) is 3.13. The summed E-state index contributed by atoms with van der Waals surface area (Å²) in [5, 5.41) is 9.12. The molecule has 1 atom stereocenters. The number of benzene rings is 1. The molecule has 1 N–H and O–H groups in total. The molecule has 0 heterocycles. The third-order valence-electron chi connectivity index (χ3n) is 5.39. The highest BCUT2D eigenvalue weighted by Crippen LogP contribution is 2.52. The van der Waals surface area contributed by atoms with Crippen LogP contribution in [0.3, 0.4) is 0 Å². The molecule has 2 aliphatic rings. The lowest BCUT2D eigenvalue weighted by Gasteiger charge is -2.29. The first kappa shape index (κ1) is 17.6. The molecule has 3 rings (SSSR count). The number of hydrogen-bond donors (Lipinski definition) is 1. The smallest absolute Gasteiger partial charge is 0.306 e. The van der Waals surface area contributed by atoms with E-state index in [4.69, 9.17) is 33.0 Å². The lowest BCUT2D eigenvalue weighted by Crippen LogP contribution is -2.32. The van der Waals surface area contributed by atoms with Gasteiger partial charge in [0.25, 0.3) is 0 Å². The summed E-state index contributed by atoms with van der Waals surface area (Å²) in [6.07, 6.45) is 5.00. The molecule has 0 amide bonds. The largest absolute Gasteiger partial charge is 0.491 e. The molecule has 0 aliphatic heterocycles. The maximum atomic E-state index is 13.0. The minimum atomic E-state index is -0.942. The summed E-state index contributed by atoms with van der Waals surface area (Å²) in [4.78, 5) is 23.7. The Kier molecular flexibility index (Phi) is 4.80. The minimum absolute atomic E-state index is 0.0119. The van der Waals surface area contributed by atoms with Crippen molar-refractivity contribution in [2.75, 3.05) is 6.61 Å². The van der Waals surface area contributed by atoms with Crippen molar-refractivity contribution in [3.8, 4) is 5.75 Å². The molecule has 1 aromatic rings. The van der Waals surface area contributed by atoms with Gasteiger partial charge in [-0.15, -0.1) is 0 Å². The fourth-order valence-electron chi connectivity index (χ4n) is 4.05.